The SMILES string of the molecule is CCn1cc(Br)c(-c2nnc(Cc3ccc(Cl)cc3)o2)n1. The van der Waals surface area contributed by atoms with Gasteiger partial charge in [-0.25, -0.2) is 0 Å². The molecule has 0 N–H and O–H groups in total. The third kappa shape index (κ3) is 3.16. The van der Waals surface area contributed by atoms with Gasteiger partial charge in [0.2, 0.25) is 5.89 Å². The number of rotatable bonds is 4. The van der Waals surface area contributed by atoms with Gasteiger partial charge in [-0.05, 0) is 40.5 Å². The summed E-state index contributed by atoms with van der Waals surface area (Å²) in [6, 6.07) is 7.56. The number of aryl methyl sites for hydroxylation is 1. The van der Waals surface area contributed by atoms with Gasteiger partial charge in [0.25, 0.3) is 5.89 Å². The summed E-state index contributed by atoms with van der Waals surface area (Å²) >= 11 is 9.32. The Bertz CT molecular complexity index is 751. The average Bonchev–Trinajstić information content (AvgIpc) is 3.07. The second-order valence-corrected chi connectivity index (χ2v) is 5.78. The summed E-state index contributed by atoms with van der Waals surface area (Å²) in [5.74, 6) is 0.961. The molecule has 0 aliphatic heterocycles. The summed E-state index contributed by atoms with van der Waals surface area (Å²) < 4.78 is 8.33. The van der Waals surface area contributed by atoms with E-state index in [0.29, 0.717) is 28.9 Å². The Hall–Kier alpha value is -1.66. The summed E-state index contributed by atoms with van der Waals surface area (Å²) in [6.07, 6.45) is 2.45. The normalized spacial score (nSPS) is 11.0. The van der Waals surface area contributed by atoms with Crippen molar-refractivity contribution < 1.29 is 4.42 Å². The van der Waals surface area contributed by atoms with Crippen LogP contribution in [0, 0.1) is 0 Å². The van der Waals surface area contributed by atoms with Crippen molar-refractivity contribution in [3.05, 3.63) is 51.4 Å². The molecule has 0 saturated heterocycles. The Kier molecular flexibility index (Phi) is 4.07. The van der Waals surface area contributed by atoms with E-state index in [2.05, 4.69) is 31.2 Å². The standard InChI is InChI=1S/C14H12BrClN4O/c1-2-20-8-11(15)13(19-20)14-18-17-12(21-14)7-9-3-5-10(16)6-4-9/h3-6,8H,2,7H2,1H3. The van der Waals surface area contributed by atoms with Crippen molar-refractivity contribution in [1.82, 2.24) is 20.0 Å². The van der Waals surface area contributed by atoms with Crippen molar-refractivity contribution in [1.29, 1.82) is 0 Å². The monoisotopic (exact) mass is 366 g/mol. The van der Waals surface area contributed by atoms with E-state index in [1.165, 1.54) is 0 Å². The van der Waals surface area contributed by atoms with Crippen molar-refractivity contribution in [2.45, 2.75) is 19.9 Å². The van der Waals surface area contributed by atoms with E-state index >= 15 is 0 Å². The molecule has 0 unspecified atom stereocenters. The van der Waals surface area contributed by atoms with Crippen LogP contribution >= 0.6 is 27.5 Å². The van der Waals surface area contributed by atoms with Gasteiger partial charge < -0.3 is 4.42 Å². The molecule has 2 heterocycles. The quantitative estimate of drug-likeness (QED) is 0.700. The Morgan fingerprint density at radius 3 is 2.67 bits per heavy atom. The van der Waals surface area contributed by atoms with Gasteiger partial charge in [-0.3, -0.25) is 4.68 Å². The van der Waals surface area contributed by atoms with Gasteiger partial charge in [-0.15, -0.1) is 10.2 Å². The summed E-state index contributed by atoms with van der Waals surface area (Å²) in [4.78, 5) is 0. The molecule has 0 aliphatic carbocycles. The minimum Gasteiger partial charge on any atom is -0.419 e. The van der Waals surface area contributed by atoms with Crippen LogP contribution in [0.3, 0.4) is 0 Å². The summed E-state index contributed by atoms with van der Waals surface area (Å²) in [5, 5.41) is 13.2. The zero-order chi connectivity index (χ0) is 14.8. The number of benzene rings is 1. The molecular formula is C14H12BrClN4O. The maximum Gasteiger partial charge on any atom is 0.269 e. The highest BCUT2D eigenvalue weighted by Crippen LogP contribution is 2.26. The highest BCUT2D eigenvalue weighted by molar-refractivity contribution is 9.10. The molecule has 0 fully saturated rings. The molecule has 0 bridgehead atoms. The second-order valence-electron chi connectivity index (χ2n) is 4.49. The second kappa shape index (κ2) is 5.99. The van der Waals surface area contributed by atoms with Crippen LogP contribution in [0.4, 0.5) is 0 Å². The van der Waals surface area contributed by atoms with Crippen molar-refractivity contribution in [3.63, 3.8) is 0 Å². The molecule has 3 aromatic rings. The Morgan fingerprint density at radius 1 is 1.24 bits per heavy atom. The van der Waals surface area contributed by atoms with E-state index in [1.54, 1.807) is 0 Å². The molecule has 21 heavy (non-hydrogen) atoms. The summed E-state index contributed by atoms with van der Waals surface area (Å²) in [7, 11) is 0. The zero-order valence-corrected chi connectivity index (χ0v) is 13.6. The van der Waals surface area contributed by atoms with Gasteiger partial charge in [-0.2, -0.15) is 5.10 Å². The lowest BCUT2D eigenvalue weighted by atomic mass is 10.1. The first-order valence-electron chi connectivity index (χ1n) is 6.46. The highest BCUT2D eigenvalue weighted by atomic mass is 79.9. The topological polar surface area (TPSA) is 56.7 Å². The minimum atomic E-state index is 0.415. The first-order chi connectivity index (χ1) is 10.2. The van der Waals surface area contributed by atoms with E-state index in [-0.39, 0.29) is 0 Å². The highest BCUT2D eigenvalue weighted by Gasteiger charge is 2.16. The van der Waals surface area contributed by atoms with Crippen LogP contribution in [-0.4, -0.2) is 20.0 Å². The molecule has 0 radical (unpaired) electrons. The van der Waals surface area contributed by atoms with Crippen molar-refractivity contribution in [2.24, 2.45) is 0 Å². The van der Waals surface area contributed by atoms with Gasteiger partial charge in [0, 0.05) is 17.8 Å². The van der Waals surface area contributed by atoms with Crippen LogP contribution in [0.2, 0.25) is 5.02 Å². The van der Waals surface area contributed by atoms with Crippen molar-refractivity contribution in [3.8, 4) is 11.6 Å². The average molecular weight is 368 g/mol. The smallest absolute Gasteiger partial charge is 0.269 e. The van der Waals surface area contributed by atoms with Crippen LogP contribution in [0.5, 0.6) is 0 Å². The predicted molar refractivity (Wildman–Crippen MR) is 83.2 cm³/mol. The first kappa shape index (κ1) is 14.3. The van der Waals surface area contributed by atoms with E-state index in [1.807, 2.05) is 42.1 Å². The molecule has 0 atom stereocenters. The molecule has 108 valence electrons. The predicted octanol–water partition coefficient (Wildman–Crippen LogP) is 3.96. The molecule has 0 spiro atoms. The fraction of sp³-hybridized carbons (Fsp3) is 0.214. The molecule has 5 nitrogen and oxygen atoms in total. The van der Waals surface area contributed by atoms with Gasteiger partial charge >= 0.3 is 0 Å². The van der Waals surface area contributed by atoms with E-state index in [9.17, 15) is 0 Å². The maximum atomic E-state index is 5.87. The molecule has 3 rings (SSSR count). The zero-order valence-electron chi connectivity index (χ0n) is 11.3. The number of halogens is 2. The Labute approximate surface area is 135 Å². The number of hydrogen-bond acceptors (Lipinski definition) is 4. The van der Waals surface area contributed by atoms with Crippen LogP contribution in [0.15, 0.2) is 39.4 Å². The molecule has 2 aromatic heterocycles. The number of hydrogen-bond donors (Lipinski definition) is 0. The number of aromatic nitrogens is 4. The largest absolute Gasteiger partial charge is 0.419 e. The maximum absolute atomic E-state index is 5.87. The molecular weight excluding hydrogens is 356 g/mol. The Morgan fingerprint density at radius 2 is 2.00 bits per heavy atom. The van der Waals surface area contributed by atoms with Gasteiger partial charge in [0.15, 0.2) is 5.69 Å². The van der Waals surface area contributed by atoms with Crippen molar-refractivity contribution in [2.75, 3.05) is 0 Å². The lowest BCUT2D eigenvalue weighted by molar-refractivity contribution is 0.514. The molecule has 1 aromatic carbocycles. The van der Waals surface area contributed by atoms with Crippen LogP contribution < -0.4 is 0 Å². The van der Waals surface area contributed by atoms with Gasteiger partial charge in [-0.1, -0.05) is 23.7 Å². The molecule has 7 heteroatoms. The lowest BCUT2D eigenvalue weighted by Gasteiger charge is -1.96. The van der Waals surface area contributed by atoms with Gasteiger partial charge in [0.05, 0.1) is 10.9 Å². The lowest BCUT2D eigenvalue weighted by Crippen LogP contribution is -1.93. The van der Waals surface area contributed by atoms with E-state index < -0.39 is 0 Å². The van der Waals surface area contributed by atoms with Crippen LogP contribution in [0.25, 0.3) is 11.6 Å². The number of nitrogens with zero attached hydrogens (tertiary/aromatic N) is 4. The van der Waals surface area contributed by atoms with E-state index in [4.69, 9.17) is 16.0 Å². The first-order valence-corrected chi connectivity index (χ1v) is 7.63. The summed E-state index contributed by atoms with van der Waals surface area (Å²) in [5.41, 5.74) is 1.72. The third-order valence-corrected chi connectivity index (χ3v) is 3.81. The Balaban J connectivity index is 1.82. The third-order valence-electron chi connectivity index (χ3n) is 2.98. The molecule has 0 aliphatic rings. The van der Waals surface area contributed by atoms with Crippen LogP contribution in [0.1, 0.15) is 18.4 Å². The van der Waals surface area contributed by atoms with Crippen molar-refractivity contribution >= 4 is 27.5 Å². The van der Waals surface area contributed by atoms with Crippen LogP contribution in [-0.2, 0) is 13.0 Å². The van der Waals surface area contributed by atoms with E-state index in [0.717, 1.165) is 16.6 Å². The summed E-state index contributed by atoms with van der Waals surface area (Å²) in [6.45, 7) is 2.80. The fourth-order valence-electron chi connectivity index (χ4n) is 1.90. The minimum absolute atomic E-state index is 0.415. The molecule has 0 amide bonds. The fourth-order valence-corrected chi connectivity index (χ4v) is 2.51. The molecule has 0 saturated carbocycles. The van der Waals surface area contributed by atoms with Gasteiger partial charge in [0.1, 0.15) is 0 Å².